The fraction of sp³-hybridized carbons (Fsp3) is 0.545. The predicted molar refractivity (Wildman–Crippen MR) is 101 cm³/mol. The van der Waals surface area contributed by atoms with Crippen molar-refractivity contribution in [2.45, 2.75) is 45.4 Å². The number of hydrogen-bond acceptors (Lipinski definition) is 3. The Bertz CT molecular complexity index is 677. The molecule has 4 heteroatoms. The van der Waals surface area contributed by atoms with E-state index in [-0.39, 0.29) is 35.5 Å². The number of unbranched alkanes of at least 4 members (excludes halogenated alkanes) is 3. The smallest absolute Gasteiger partial charge is 0.238 e. The van der Waals surface area contributed by atoms with Gasteiger partial charge in [-0.15, -0.1) is 0 Å². The largest absolute Gasteiger partial charge is 0.494 e. The summed E-state index contributed by atoms with van der Waals surface area (Å²) in [6.07, 6.45) is 11.0. The molecule has 1 aliphatic heterocycles. The van der Waals surface area contributed by atoms with Gasteiger partial charge in [-0.3, -0.25) is 14.5 Å². The molecule has 4 atom stereocenters. The van der Waals surface area contributed by atoms with Crippen LogP contribution in [0.5, 0.6) is 5.75 Å². The first-order chi connectivity index (χ1) is 12.7. The van der Waals surface area contributed by atoms with Crippen LogP contribution >= 0.6 is 0 Å². The number of fused-ring (bicyclic) bond motifs is 1. The lowest BCUT2D eigenvalue weighted by atomic mass is 9.63. The highest BCUT2D eigenvalue weighted by atomic mass is 16.5. The highest BCUT2D eigenvalue weighted by Gasteiger charge is 2.56. The van der Waals surface area contributed by atoms with Crippen LogP contribution in [0.4, 0.5) is 5.69 Å². The standard InChI is InChI=1S/C22H27NO3/c1-2-3-4-5-14-26-18-12-10-17(11-13-18)23-21(24)19-15-6-7-16(9-8-15)20(19)22(23)25/h6-7,10-13,15-16,19-20H,2-5,8-9,14H2,1H3. The molecule has 0 N–H and O–H groups in total. The predicted octanol–water partition coefficient (Wildman–Crippen LogP) is 4.35. The van der Waals surface area contributed by atoms with Gasteiger partial charge in [-0.1, -0.05) is 38.3 Å². The third-order valence-electron chi connectivity index (χ3n) is 6.12. The van der Waals surface area contributed by atoms with Gasteiger partial charge in [-0.25, -0.2) is 0 Å². The second kappa shape index (κ2) is 7.26. The molecule has 1 aromatic carbocycles. The van der Waals surface area contributed by atoms with Crippen LogP contribution in [0.3, 0.4) is 0 Å². The van der Waals surface area contributed by atoms with Crippen LogP contribution in [-0.2, 0) is 9.59 Å². The molecule has 0 spiro atoms. The first kappa shape index (κ1) is 17.3. The van der Waals surface area contributed by atoms with E-state index in [9.17, 15) is 9.59 Å². The monoisotopic (exact) mass is 353 g/mol. The van der Waals surface area contributed by atoms with Gasteiger partial charge in [0.15, 0.2) is 0 Å². The molecule has 0 aromatic heterocycles. The summed E-state index contributed by atoms with van der Waals surface area (Å²) >= 11 is 0. The molecule has 138 valence electrons. The summed E-state index contributed by atoms with van der Waals surface area (Å²) in [6.45, 7) is 2.90. The summed E-state index contributed by atoms with van der Waals surface area (Å²) in [5.41, 5.74) is 0.673. The number of nitrogens with zero attached hydrogens (tertiary/aromatic N) is 1. The van der Waals surface area contributed by atoms with Gasteiger partial charge in [0, 0.05) is 0 Å². The Labute approximate surface area is 155 Å². The zero-order valence-corrected chi connectivity index (χ0v) is 15.4. The molecular formula is C22H27NO3. The van der Waals surface area contributed by atoms with Gasteiger partial charge in [-0.2, -0.15) is 0 Å². The maximum absolute atomic E-state index is 12.9. The van der Waals surface area contributed by atoms with E-state index in [2.05, 4.69) is 19.1 Å². The second-order valence-electron chi connectivity index (χ2n) is 7.76. The summed E-state index contributed by atoms with van der Waals surface area (Å²) in [7, 11) is 0. The van der Waals surface area contributed by atoms with Gasteiger partial charge in [0.1, 0.15) is 5.75 Å². The molecule has 5 rings (SSSR count). The van der Waals surface area contributed by atoms with Crippen molar-refractivity contribution in [3.8, 4) is 5.75 Å². The minimum absolute atomic E-state index is 0.0210. The normalized spacial score (nSPS) is 29.3. The van der Waals surface area contributed by atoms with E-state index in [0.717, 1.165) is 25.0 Å². The summed E-state index contributed by atoms with van der Waals surface area (Å²) < 4.78 is 5.76. The fourth-order valence-corrected chi connectivity index (χ4v) is 4.74. The van der Waals surface area contributed by atoms with Crippen LogP contribution in [0.1, 0.15) is 45.4 Å². The highest BCUT2D eigenvalue weighted by Crippen LogP contribution is 2.50. The van der Waals surface area contributed by atoms with E-state index >= 15 is 0 Å². The first-order valence-electron chi connectivity index (χ1n) is 9.99. The maximum atomic E-state index is 12.9. The number of anilines is 1. The van der Waals surface area contributed by atoms with Crippen LogP contribution in [0.15, 0.2) is 36.4 Å². The Morgan fingerprint density at radius 1 is 0.923 bits per heavy atom. The van der Waals surface area contributed by atoms with Gasteiger partial charge < -0.3 is 4.74 Å². The molecule has 1 saturated heterocycles. The first-order valence-corrected chi connectivity index (χ1v) is 9.99. The number of benzene rings is 1. The molecule has 2 fully saturated rings. The Kier molecular flexibility index (Phi) is 4.84. The average Bonchev–Trinajstić information content (AvgIpc) is 2.96. The van der Waals surface area contributed by atoms with Crippen molar-refractivity contribution >= 4 is 17.5 Å². The lowest BCUT2D eigenvalue weighted by Gasteiger charge is -2.38. The van der Waals surface area contributed by atoms with Crippen molar-refractivity contribution in [1.29, 1.82) is 0 Å². The molecule has 0 radical (unpaired) electrons. The Hall–Kier alpha value is -2.10. The van der Waals surface area contributed by atoms with Crippen molar-refractivity contribution in [3.05, 3.63) is 36.4 Å². The summed E-state index contributed by atoms with van der Waals surface area (Å²) in [6, 6.07) is 7.41. The van der Waals surface area contributed by atoms with Crippen molar-refractivity contribution < 1.29 is 14.3 Å². The van der Waals surface area contributed by atoms with Crippen LogP contribution < -0.4 is 9.64 Å². The van der Waals surface area contributed by atoms with Crippen molar-refractivity contribution in [3.63, 3.8) is 0 Å². The number of carbonyl (C=O) groups is 2. The molecule has 4 aliphatic rings. The van der Waals surface area contributed by atoms with E-state index in [1.165, 1.54) is 24.2 Å². The number of amides is 2. The van der Waals surface area contributed by atoms with E-state index in [4.69, 9.17) is 4.74 Å². The summed E-state index contributed by atoms with van der Waals surface area (Å²) in [4.78, 5) is 27.3. The van der Waals surface area contributed by atoms with Gasteiger partial charge in [0.05, 0.1) is 24.1 Å². The second-order valence-corrected chi connectivity index (χ2v) is 7.76. The number of hydrogen-bond donors (Lipinski definition) is 0. The molecule has 1 saturated carbocycles. The number of ether oxygens (including phenoxy) is 1. The van der Waals surface area contributed by atoms with Crippen LogP contribution in [0.25, 0.3) is 0 Å². The third kappa shape index (κ3) is 2.95. The summed E-state index contributed by atoms with van der Waals surface area (Å²) in [5, 5.41) is 0. The topological polar surface area (TPSA) is 46.6 Å². The van der Waals surface area contributed by atoms with Gasteiger partial charge >= 0.3 is 0 Å². The van der Waals surface area contributed by atoms with E-state index in [1.54, 1.807) is 0 Å². The van der Waals surface area contributed by atoms with E-state index < -0.39 is 0 Å². The molecular weight excluding hydrogens is 326 g/mol. The molecule has 2 amide bonds. The molecule has 3 aliphatic carbocycles. The SMILES string of the molecule is CCCCCCOc1ccc(N2C(=O)C3C4C=CC(CC4)C3C2=O)cc1. The fourth-order valence-electron chi connectivity index (χ4n) is 4.74. The molecule has 4 unspecified atom stereocenters. The van der Waals surface area contributed by atoms with Crippen LogP contribution in [-0.4, -0.2) is 18.4 Å². The van der Waals surface area contributed by atoms with Crippen LogP contribution in [0, 0.1) is 23.7 Å². The average molecular weight is 353 g/mol. The highest BCUT2D eigenvalue weighted by molar-refractivity contribution is 6.22. The van der Waals surface area contributed by atoms with Crippen molar-refractivity contribution in [2.75, 3.05) is 11.5 Å². The minimum atomic E-state index is -0.152. The minimum Gasteiger partial charge on any atom is -0.494 e. The van der Waals surface area contributed by atoms with Crippen molar-refractivity contribution in [2.24, 2.45) is 23.7 Å². The summed E-state index contributed by atoms with van der Waals surface area (Å²) in [5.74, 6) is 0.916. The lowest BCUT2D eigenvalue weighted by Crippen LogP contribution is -2.38. The molecule has 1 aromatic rings. The molecule has 4 nitrogen and oxygen atoms in total. The maximum Gasteiger partial charge on any atom is 0.238 e. The Balaban J connectivity index is 1.43. The Morgan fingerprint density at radius 2 is 1.54 bits per heavy atom. The zero-order chi connectivity index (χ0) is 18.1. The number of allylic oxidation sites excluding steroid dienone is 2. The zero-order valence-electron chi connectivity index (χ0n) is 15.4. The van der Waals surface area contributed by atoms with E-state index in [0.29, 0.717) is 12.3 Å². The van der Waals surface area contributed by atoms with Crippen LogP contribution in [0.2, 0.25) is 0 Å². The number of carbonyl (C=O) groups excluding carboxylic acids is 2. The van der Waals surface area contributed by atoms with E-state index in [1.807, 2.05) is 24.3 Å². The third-order valence-corrected chi connectivity index (χ3v) is 6.12. The van der Waals surface area contributed by atoms with Gasteiger partial charge in [-0.05, 0) is 55.4 Å². The van der Waals surface area contributed by atoms with Gasteiger partial charge in [0.25, 0.3) is 0 Å². The molecule has 1 heterocycles. The molecule has 26 heavy (non-hydrogen) atoms. The number of imide groups is 1. The van der Waals surface area contributed by atoms with Gasteiger partial charge in [0.2, 0.25) is 11.8 Å². The van der Waals surface area contributed by atoms with Crippen molar-refractivity contribution in [1.82, 2.24) is 0 Å². The quantitative estimate of drug-likeness (QED) is 0.416. The Morgan fingerprint density at radius 3 is 2.08 bits per heavy atom. The number of rotatable bonds is 7. The molecule has 2 bridgehead atoms. The lowest BCUT2D eigenvalue weighted by molar-refractivity contribution is -0.124.